The number of urea groups is 1. The number of carbonyl (C=O) groups excluding carboxylic acids is 1. The third kappa shape index (κ3) is 2.05. The zero-order valence-corrected chi connectivity index (χ0v) is 10.8. The van der Waals surface area contributed by atoms with Gasteiger partial charge in [0.1, 0.15) is 0 Å². The second-order valence-corrected chi connectivity index (χ2v) is 4.62. The van der Waals surface area contributed by atoms with Crippen molar-refractivity contribution in [3.63, 3.8) is 0 Å². The lowest BCUT2D eigenvalue weighted by Gasteiger charge is -2.16. The smallest absolute Gasteiger partial charge is 0.320 e. The lowest BCUT2D eigenvalue weighted by molar-refractivity contribution is 0.251. The quantitative estimate of drug-likeness (QED) is 0.875. The van der Waals surface area contributed by atoms with Gasteiger partial charge in [0, 0.05) is 4.47 Å². The van der Waals surface area contributed by atoms with Crippen LogP contribution < -0.4 is 15.8 Å². The first-order valence-corrected chi connectivity index (χ1v) is 6.06. The number of amides is 2. The monoisotopic (exact) mass is 283 g/mol. The van der Waals surface area contributed by atoms with Crippen molar-refractivity contribution in [3.8, 4) is 0 Å². The van der Waals surface area contributed by atoms with Gasteiger partial charge in [-0.15, -0.1) is 0 Å². The van der Waals surface area contributed by atoms with Crippen LogP contribution in [0.2, 0.25) is 0 Å². The molecule has 1 aliphatic heterocycles. The van der Waals surface area contributed by atoms with Crippen LogP contribution in [-0.2, 0) is 6.42 Å². The molecule has 1 heterocycles. The molecular weight excluding hydrogens is 270 g/mol. The highest BCUT2D eigenvalue weighted by atomic mass is 79.9. The van der Waals surface area contributed by atoms with Crippen LogP contribution in [0.3, 0.4) is 0 Å². The van der Waals surface area contributed by atoms with E-state index in [-0.39, 0.29) is 12.2 Å². The van der Waals surface area contributed by atoms with E-state index in [9.17, 15) is 4.79 Å². The SMILES string of the molecule is CCc1cc(N2NC(C)NC2=O)ccc1Br. The van der Waals surface area contributed by atoms with Crippen LogP contribution in [0, 0.1) is 0 Å². The van der Waals surface area contributed by atoms with Crippen LogP contribution in [0.1, 0.15) is 19.4 Å². The van der Waals surface area contributed by atoms with Gasteiger partial charge in [0.2, 0.25) is 0 Å². The number of nitrogens with one attached hydrogen (secondary N) is 2. The van der Waals surface area contributed by atoms with Gasteiger partial charge < -0.3 is 5.32 Å². The van der Waals surface area contributed by atoms with Crippen molar-refractivity contribution in [1.29, 1.82) is 0 Å². The molecule has 1 unspecified atom stereocenters. The number of hydrazine groups is 1. The van der Waals surface area contributed by atoms with E-state index in [2.05, 4.69) is 33.6 Å². The highest BCUT2D eigenvalue weighted by Gasteiger charge is 2.26. The number of rotatable bonds is 2. The lowest BCUT2D eigenvalue weighted by atomic mass is 10.1. The summed E-state index contributed by atoms with van der Waals surface area (Å²) in [5.41, 5.74) is 5.10. The van der Waals surface area contributed by atoms with E-state index in [1.54, 1.807) is 0 Å². The van der Waals surface area contributed by atoms with Gasteiger partial charge in [0.05, 0.1) is 11.9 Å². The Kier molecular flexibility index (Phi) is 3.16. The summed E-state index contributed by atoms with van der Waals surface area (Å²) in [6.07, 6.45) is 0.903. The van der Waals surface area contributed by atoms with Gasteiger partial charge in [-0.1, -0.05) is 22.9 Å². The molecule has 1 fully saturated rings. The topological polar surface area (TPSA) is 44.4 Å². The van der Waals surface area contributed by atoms with Crippen LogP contribution in [0.15, 0.2) is 22.7 Å². The van der Waals surface area contributed by atoms with Crippen LogP contribution in [0.4, 0.5) is 10.5 Å². The molecule has 1 aromatic rings. The fourth-order valence-electron chi connectivity index (χ4n) is 1.70. The first-order chi connectivity index (χ1) is 7.61. The van der Waals surface area contributed by atoms with Gasteiger partial charge in [0.15, 0.2) is 0 Å². The molecule has 0 bridgehead atoms. The molecule has 1 saturated heterocycles. The zero-order valence-electron chi connectivity index (χ0n) is 9.25. The average molecular weight is 284 g/mol. The molecule has 2 N–H and O–H groups in total. The minimum atomic E-state index is -0.114. The van der Waals surface area contributed by atoms with Gasteiger partial charge in [0.25, 0.3) is 0 Å². The van der Waals surface area contributed by atoms with Gasteiger partial charge in [-0.05, 0) is 37.1 Å². The van der Waals surface area contributed by atoms with Crippen molar-refractivity contribution in [2.24, 2.45) is 0 Å². The summed E-state index contributed by atoms with van der Waals surface area (Å²) in [6.45, 7) is 3.99. The van der Waals surface area contributed by atoms with Gasteiger partial charge in [-0.2, -0.15) is 0 Å². The van der Waals surface area contributed by atoms with Gasteiger partial charge in [-0.25, -0.2) is 15.2 Å². The first-order valence-electron chi connectivity index (χ1n) is 5.27. The van der Waals surface area contributed by atoms with Crippen LogP contribution in [0.5, 0.6) is 0 Å². The molecule has 0 aromatic heterocycles. The molecule has 16 heavy (non-hydrogen) atoms. The lowest BCUT2D eigenvalue weighted by Crippen LogP contribution is -2.36. The number of hydrogen-bond donors (Lipinski definition) is 2. The Morgan fingerprint density at radius 3 is 2.81 bits per heavy atom. The van der Waals surface area contributed by atoms with Crippen molar-refractivity contribution < 1.29 is 4.79 Å². The minimum absolute atomic E-state index is 0.0266. The fourth-order valence-corrected chi connectivity index (χ4v) is 2.22. The Bertz CT molecular complexity index is 422. The third-order valence-corrected chi connectivity index (χ3v) is 3.31. The number of anilines is 1. The van der Waals surface area contributed by atoms with Crippen molar-refractivity contribution in [2.75, 3.05) is 5.01 Å². The van der Waals surface area contributed by atoms with Crippen molar-refractivity contribution in [3.05, 3.63) is 28.2 Å². The Hall–Kier alpha value is -1.07. The number of hydrogen-bond acceptors (Lipinski definition) is 2. The summed E-state index contributed by atoms with van der Waals surface area (Å²) in [4.78, 5) is 11.6. The predicted molar refractivity (Wildman–Crippen MR) is 67.1 cm³/mol. The Balaban J connectivity index is 2.30. The van der Waals surface area contributed by atoms with Gasteiger partial charge in [-0.3, -0.25) is 0 Å². The van der Waals surface area contributed by atoms with Gasteiger partial charge >= 0.3 is 6.03 Å². The molecule has 0 spiro atoms. The van der Waals surface area contributed by atoms with E-state index in [1.165, 1.54) is 10.6 Å². The summed E-state index contributed by atoms with van der Waals surface area (Å²) in [5, 5.41) is 4.32. The average Bonchev–Trinajstić information content (AvgIpc) is 2.59. The van der Waals surface area contributed by atoms with Crippen molar-refractivity contribution in [1.82, 2.24) is 10.7 Å². The largest absolute Gasteiger partial charge is 0.337 e. The van der Waals surface area contributed by atoms with E-state index < -0.39 is 0 Å². The molecule has 0 saturated carbocycles. The Labute approximate surface area is 103 Å². The molecular formula is C11H14BrN3O. The van der Waals surface area contributed by atoms with E-state index in [0.29, 0.717) is 0 Å². The molecule has 5 heteroatoms. The third-order valence-electron chi connectivity index (χ3n) is 2.53. The second-order valence-electron chi connectivity index (χ2n) is 3.76. The summed E-state index contributed by atoms with van der Waals surface area (Å²) in [7, 11) is 0. The molecule has 4 nitrogen and oxygen atoms in total. The molecule has 1 atom stereocenters. The Morgan fingerprint density at radius 2 is 2.25 bits per heavy atom. The number of nitrogens with zero attached hydrogens (tertiary/aromatic N) is 1. The predicted octanol–water partition coefficient (Wildman–Crippen LogP) is 2.39. The highest BCUT2D eigenvalue weighted by Crippen LogP contribution is 2.24. The maximum atomic E-state index is 11.6. The number of halogens is 1. The molecule has 1 aromatic carbocycles. The van der Waals surface area contributed by atoms with Crippen LogP contribution >= 0.6 is 15.9 Å². The van der Waals surface area contributed by atoms with E-state index >= 15 is 0 Å². The van der Waals surface area contributed by atoms with E-state index in [0.717, 1.165) is 16.6 Å². The maximum Gasteiger partial charge on any atom is 0.337 e. The molecule has 2 rings (SSSR count). The molecule has 0 radical (unpaired) electrons. The summed E-state index contributed by atoms with van der Waals surface area (Å²) in [6, 6.07) is 5.77. The minimum Gasteiger partial charge on any atom is -0.320 e. The van der Waals surface area contributed by atoms with E-state index in [4.69, 9.17) is 0 Å². The van der Waals surface area contributed by atoms with Crippen LogP contribution in [0.25, 0.3) is 0 Å². The Morgan fingerprint density at radius 1 is 1.50 bits per heavy atom. The molecule has 2 amide bonds. The molecule has 1 aliphatic rings. The maximum absolute atomic E-state index is 11.6. The molecule has 86 valence electrons. The fraction of sp³-hybridized carbons (Fsp3) is 0.364. The van der Waals surface area contributed by atoms with Crippen LogP contribution in [-0.4, -0.2) is 12.2 Å². The standard InChI is InChI=1S/C11H14BrN3O/c1-3-8-6-9(4-5-10(8)12)15-11(16)13-7(2)14-15/h4-7,14H,3H2,1-2H3,(H,13,16). The number of aryl methyl sites for hydroxylation is 1. The summed E-state index contributed by atoms with van der Waals surface area (Å²) >= 11 is 3.49. The van der Waals surface area contributed by atoms with E-state index in [1.807, 2.05) is 25.1 Å². The second kappa shape index (κ2) is 4.43. The summed E-state index contributed by atoms with van der Waals surface area (Å²) in [5.74, 6) is 0. The van der Waals surface area contributed by atoms with Crippen molar-refractivity contribution in [2.45, 2.75) is 26.4 Å². The highest BCUT2D eigenvalue weighted by molar-refractivity contribution is 9.10. The number of benzene rings is 1. The van der Waals surface area contributed by atoms with Crippen molar-refractivity contribution >= 4 is 27.6 Å². The normalized spacial score (nSPS) is 20.1. The first kappa shape index (κ1) is 11.4. The zero-order chi connectivity index (χ0) is 11.7. The number of carbonyl (C=O) groups is 1. The summed E-state index contributed by atoms with van der Waals surface area (Å²) < 4.78 is 1.08. The molecule has 0 aliphatic carbocycles.